The monoisotopic (exact) mass is 411 g/mol. The van der Waals surface area contributed by atoms with Gasteiger partial charge in [-0.05, 0) is 44.2 Å². The molecule has 2 amide bonds. The van der Waals surface area contributed by atoms with Gasteiger partial charge in [0.2, 0.25) is 5.91 Å². The molecule has 5 nitrogen and oxygen atoms in total. The molecule has 0 saturated carbocycles. The van der Waals surface area contributed by atoms with E-state index in [0.29, 0.717) is 35.8 Å². The first kappa shape index (κ1) is 20.4. The molecule has 3 aliphatic heterocycles. The fourth-order valence-corrected chi connectivity index (χ4v) is 4.75. The first-order valence-corrected chi connectivity index (χ1v) is 10.1. The Hall–Kier alpha value is -1.30. The van der Waals surface area contributed by atoms with Crippen LogP contribution in [-0.4, -0.2) is 59.9 Å². The van der Waals surface area contributed by atoms with Crippen molar-refractivity contribution in [2.45, 2.75) is 44.2 Å². The molecule has 1 aromatic rings. The van der Waals surface area contributed by atoms with Crippen LogP contribution in [0.5, 0.6) is 0 Å². The van der Waals surface area contributed by atoms with Gasteiger partial charge in [-0.15, -0.1) is 12.4 Å². The predicted octanol–water partition coefficient (Wildman–Crippen LogP) is 2.97. The number of nitrogens with zero attached hydrogens (tertiary/aromatic N) is 2. The van der Waals surface area contributed by atoms with Gasteiger partial charge in [-0.25, -0.2) is 0 Å². The zero-order valence-electron chi connectivity index (χ0n) is 15.4. The molecule has 0 aliphatic carbocycles. The van der Waals surface area contributed by atoms with Crippen molar-refractivity contribution in [3.8, 4) is 0 Å². The van der Waals surface area contributed by atoms with Crippen molar-refractivity contribution in [1.29, 1.82) is 0 Å². The highest BCUT2D eigenvalue weighted by atomic mass is 35.5. The van der Waals surface area contributed by atoms with Gasteiger partial charge in [0.15, 0.2) is 0 Å². The van der Waals surface area contributed by atoms with Crippen LogP contribution in [0.15, 0.2) is 24.3 Å². The lowest BCUT2D eigenvalue weighted by atomic mass is 9.94. The SMILES string of the molecule is Cl.O=C(c1ccccc1Cl)N1CCC(C(=O)N2CC[C@H]3CC[C@@H](C2)N3)CC1. The van der Waals surface area contributed by atoms with E-state index in [1.807, 2.05) is 17.0 Å². The summed E-state index contributed by atoms with van der Waals surface area (Å²) in [5.74, 6) is 0.295. The van der Waals surface area contributed by atoms with Crippen molar-refractivity contribution < 1.29 is 9.59 Å². The molecule has 2 atom stereocenters. The maximum absolute atomic E-state index is 13.0. The lowest BCUT2D eigenvalue weighted by Crippen LogP contribution is -2.46. The molecular formula is C20H27Cl2N3O2. The fourth-order valence-electron chi connectivity index (χ4n) is 4.54. The summed E-state index contributed by atoms with van der Waals surface area (Å²) in [5, 5.41) is 4.12. The second kappa shape index (κ2) is 8.80. The van der Waals surface area contributed by atoms with Crippen LogP contribution in [0.2, 0.25) is 5.02 Å². The van der Waals surface area contributed by atoms with E-state index in [0.717, 1.165) is 32.4 Å². The lowest BCUT2D eigenvalue weighted by Gasteiger charge is -2.35. The maximum atomic E-state index is 13.0. The van der Waals surface area contributed by atoms with Crippen LogP contribution in [-0.2, 0) is 4.79 Å². The fraction of sp³-hybridized carbons (Fsp3) is 0.600. The molecule has 3 aliphatic rings. The lowest BCUT2D eigenvalue weighted by molar-refractivity contribution is -0.137. The third-order valence-electron chi connectivity index (χ3n) is 6.07. The van der Waals surface area contributed by atoms with E-state index in [9.17, 15) is 9.59 Å². The number of amides is 2. The van der Waals surface area contributed by atoms with Crippen molar-refractivity contribution in [2.24, 2.45) is 5.92 Å². The molecule has 3 saturated heterocycles. The Labute approximate surface area is 171 Å². The van der Waals surface area contributed by atoms with Gasteiger partial charge in [0.05, 0.1) is 10.6 Å². The van der Waals surface area contributed by atoms with Gasteiger partial charge in [-0.3, -0.25) is 9.59 Å². The number of fused-ring (bicyclic) bond motifs is 2. The molecule has 0 radical (unpaired) electrons. The number of likely N-dealkylation sites (tertiary alicyclic amines) is 2. The molecular weight excluding hydrogens is 385 g/mol. The summed E-state index contributed by atoms with van der Waals surface area (Å²) in [6.07, 6.45) is 4.97. The highest BCUT2D eigenvalue weighted by Crippen LogP contribution is 2.26. The normalized spacial score (nSPS) is 25.7. The summed E-state index contributed by atoms with van der Waals surface area (Å²) in [7, 11) is 0. The number of piperidine rings is 1. The third kappa shape index (κ3) is 4.41. The number of halogens is 2. The minimum atomic E-state index is -0.0298. The van der Waals surface area contributed by atoms with E-state index in [4.69, 9.17) is 11.6 Å². The van der Waals surface area contributed by atoms with Crippen molar-refractivity contribution >= 4 is 35.8 Å². The molecule has 3 heterocycles. The second-order valence-electron chi connectivity index (χ2n) is 7.76. The van der Waals surface area contributed by atoms with E-state index < -0.39 is 0 Å². The minimum Gasteiger partial charge on any atom is -0.341 e. The minimum absolute atomic E-state index is 0. The molecule has 148 valence electrons. The molecule has 7 heteroatoms. The van der Waals surface area contributed by atoms with E-state index in [1.54, 1.807) is 12.1 Å². The van der Waals surface area contributed by atoms with E-state index >= 15 is 0 Å². The molecule has 0 aromatic heterocycles. The van der Waals surface area contributed by atoms with Crippen molar-refractivity contribution in [3.05, 3.63) is 34.9 Å². The van der Waals surface area contributed by atoms with Gasteiger partial charge < -0.3 is 15.1 Å². The second-order valence-corrected chi connectivity index (χ2v) is 8.16. The molecule has 1 N–H and O–H groups in total. The van der Waals surface area contributed by atoms with E-state index in [-0.39, 0.29) is 30.1 Å². The smallest absolute Gasteiger partial charge is 0.255 e. The first-order chi connectivity index (χ1) is 12.6. The van der Waals surface area contributed by atoms with E-state index in [1.165, 1.54) is 12.8 Å². The van der Waals surface area contributed by atoms with Gasteiger partial charge in [-0.1, -0.05) is 23.7 Å². The average molecular weight is 412 g/mol. The molecule has 3 fully saturated rings. The molecule has 0 unspecified atom stereocenters. The van der Waals surface area contributed by atoms with Gasteiger partial charge >= 0.3 is 0 Å². The summed E-state index contributed by atoms with van der Waals surface area (Å²) in [4.78, 5) is 29.5. The average Bonchev–Trinajstić information content (AvgIpc) is 3.00. The Balaban J connectivity index is 0.00000210. The quantitative estimate of drug-likeness (QED) is 0.813. The number of hydrogen-bond donors (Lipinski definition) is 1. The molecule has 1 aromatic carbocycles. The zero-order chi connectivity index (χ0) is 18.1. The van der Waals surface area contributed by atoms with E-state index in [2.05, 4.69) is 10.2 Å². The highest BCUT2D eigenvalue weighted by molar-refractivity contribution is 6.33. The largest absolute Gasteiger partial charge is 0.341 e. The summed E-state index contributed by atoms with van der Waals surface area (Å²) >= 11 is 6.15. The van der Waals surface area contributed by atoms with Crippen LogP contribution in [0, 0.1) is 5.92 Å². The molecule has 4 rings (SSSR count). The zero-order valence-corrected chi connectivity index (χ0v) is 17.0. The van der Waals surface area contributed by atoms with Crippen LogP contribution < -0.4 is 5.32 Å². The predicted molar refractivity (Wildman–Crippen MR) is 108 cm³/mol. The summed E-state index contributed by atoms with van der Waals surface area (Å²) in [6, 6.07) is 8.22. The summed E-state index contributed by atoms with van der Waals surface area (Å²) in [5.41, 5.74) is 0.550. The summed E-state index contributed by atoms with van der Waals surface area (Å²) in [6.45, 7) is 2.96. The molecule has 27 heavy (non-hydrogen) atoms. The maximum Gasteiger partial charge on any atom is 0.255 e. The molecule has 0 spiro atoms. The number of nitrogens with one attached hydrogen (secondary N) is 1. The van der Waals surface area contributed by atoms with Crippen LogP contribution in [0.1, 0.15) is 42.5 Å². The van der Waals surface area contributed by atoms with Gasteiger partial charge in [-0.2, -0.15) is 0 Å². The summed E-state index contributed by atoms with van der Waals surface area (Å²) < 4.78 is 0. The van der Waals surface area contributed by atoms with Crippen LogP contribution >= 0.6 is 24.0 Å². The highest BCUT2D eigenvalue weighted by Gasteiger charge is 2.35. The van der Waals surface area contributed by atoms with Gasteiger partial charge in [0.1, 0.15) is 0 Å². The van der Waals surface area contributed by atoms with Gasteiger partial charge in [0.25, 0.3) is 5.91 Å². The van der Waals surface area contributed by atoms with Crippen LogP contribution in [0.25, 0.3) is 0 Å². The Morgan fingerprint density at radius 1 is 0.926 bits per heavy atom. The number of carbonyl (C=O) groups excluding carboxylic acids is 2. The standard InChI is InChI=1S/C20H26ClN3O2.ClH/c21-18-4-2-1-3-17(18)20(26)23-10-7-14(8-11-23)19(25)24-12-9-15-5-6-16(13-24)22-15;/h1-4,14-16,22H,5-13H2;1H/t15-,16+;/m1./s1. The Bertz CT molecular complexity index is 692. The number of benzene rings is 1. The molecule has 2 bridgehead atoms. The number of carbonyl (C=O) groups is 2. The van der Waals surface area contributed by atoms with Crippen molar-refractivity contribution in [1.82, 2.24) is 15.1 Å². The van der Waals surface area contributed by atoms with Gasteiger partial charge in [0, 0.05) is 44.2 Å². The Kier molecular flexibility index (Phi) is 6.66. The van der Waals surface area contributed by atoms with Crippen LogP contribution in [0.3, 0.4) is 0 Å². The van der Waals surface area contributed by atoms with Crippen molar-refractivity contribution in [3.63, 3.8) is 0 Å². The van der Waals surface area contributed by atoms with Crippen LogP contribution in [0.4, 0.5) is 0 Å². The first-order valence-electron chi connectivity index (χ1n) is 9.70. The third-order valence-corrected chi connectivity index (χ3v) is 6.40. The van der Waals surface area contributed by atoms with Crippen molar-refractivity contribution in [2.75, 3.05) is 26.2 Å². The topological polar surface area (TPSA) is 52.7 Å². The number of rotatable bonds is 2. The number of hydrogen-bond acceptors (Lipinski definition) is 3. The Morgan fingerprint density at radius 2 is 1.59 bits per heavy atom. The Morgan fingerprint density at radius 3 is 2.33 bits per heavy atom.